The Balaban J connectivity index is 2.05. The van der Waals surface area contributed by atoms with E-state index in [0.717, 1.165) is 6.42 Å². The van der Waals surface area contributed by atoms with Gasteiger partial charge in [-0.1, -0.05) is 30.7 Å². The summed E-state index contributed by atoms with van der Waals surface area (Å²) in [7, 11) is -3.46. The lowest BCUT2D eigenvalue weighted by Gasteiger charge is -2.06. The van der Waals surface area contributed by atoms with Crippen molar-refractivity contribution in [2.75, 3.05) is 13.2 Å². The van der Waals surface area contributed by atoms with Crippen molar-refractivity contribution >= 4 is 10.0 Å². The van der Waals surface area contributed by atoms with Gasteiger partial charge < -0.3 is 5.11 Å². The second-order valence-electron chi connectivity index (χ2n) is 4.62. The molecule has 0 saturated heterocycles. The zero-order valence-electron chi connectivity index (χ0n) is 10.6. The quantitative estimate of drug-likeness (QED) is 0.793. The van der Waals surface area contributed by atoms with Crippen LogP contribution in [-0.4, -0.2) is 26.7 Å². The Labute approximate surface area is 113 Å². The number of aliphatic hydroxyl groups excluding tert-OH is 1. The molecule has 5 heteroatoms. The van der Waals surface area contributed by atoms with Gasteiger partial charge in [0.25, 0.3) is 0 Å². The number of nitrogens with one attached hydrogen (secondary N) is 1. The average molecular weight is 279 g/mol. The summed E-state index contributed by atoms with van der Waals surface area (Å²) in [5, 5.41) is 8.63. The van der Waals surface area contributed by atoms with Gasteiger partial charge in [-0.3, -0.25) is 0 Å². The van der Waals surface area contributed by atoms with Gasteiger partial charge in [0.05, 0.1) is 4.90 Å². The molecule has 0 amide bonds. The van der Waals surface area contributed by atoms with Gasteiger partial charge >= 0.3 is 0 Å². The van der Waals surface area contributed by atoms with Crippen LogP contribution in [0.2, 0.25) is 0 Å². The summed E-state index contributed by atoms with van der Waals surface area (Å²) in [6, 6.07) is 6.43. The molecule has 0 heterocycles. The Morgan fingerprint density at radius 2 is 2.16 bits per heavy atom. The first-order valence-electron chi connectivity index (χ1n) is 6.31. The van der Waals surface area contributed by atoms with E-state index < -0.39 is 10.0 Å². The molecule has 0 aliphatic heterocycles. The fourth-order valence-corrected chi connectivity index (χ4v) is 2.86. The molecule has 0 spiro atoms. The van der Waals surface area contributed by atoms with E-state index in [1.807, 2.05) is 0 Å². The lowest BCUT2D eigenvalue weighted by Crippen LogP contribution is -2.25. The standard InChI is InChI=1S/C14H17NO3S/c16-10-2-4-13-3-1-5-14(11-13)19(17,18)15-9-8-12-6-7-12/h1,3,5,11-12,15-16H,6-10H2. The SMILES string of the molecule is O=S(=O)(NCCC1CC1)c1cccc(C#CCO)c1. The summed E-state index contributed by atoms with van der Waals surface area (Å²) in [4.78, 5) is 0.216. The number of hydrogen-bond acceptors (Lipinski definition) is 3. The summed E-state index contributed by atoms with van der Waals surface area (Å²) in [5.74, 6) is 5.90. The predicted octanol–water partition coefficient (Wildman–Crippen LogP) is 1.11. The van der Waals surface area contributed by atoms with Crippen molar-refractivity contribution in [3.8, 4) is 11.8 Å². The van der Waals surface area contributed by atoms with E-state index in [0.29, 0.717) is 18.0 Å². The molecule has 0 unspecified atom stereocenters. The summed E-state index contributed by atoms with van der Waals surface area (Å²) in [6.07, 6.45) is 3.34. The van der Waals surface area contributed by atoms with Crippen molar-refractivity contribution in [1.82, 2.24) is 4.72 Å². The van der Waals surface area contributed by atoms with Gasteiger partial charge in [-0.15, -0.1) is 0 Å². The van der Waals surface area contributed by atoms with Gasteiger partial charge in [0.2, 0.25) is 10.0 Å². The van der Waals surface area contributed by atoms with Crippen molar-refractivity contribution in [3.05, 3.63) is 29.8 Å². The van der Waals surface area contributed by atoms with Gasteiger partial charge in [0.1, 0.15) is 6.61 Å². The highest BCUT2D eigenvalue weighted by Crippen LogP contribution is 2.31. The molecule has 0 bridgehead atoms. The molecule has 1 fully saturated rings. The van der Waals surface area contributed by atoms with Crippen LogP contribution in [0.15, 0.2) is 29.2 Å². The first kappa shape index (κ1) is 14.1. The van der Waals surface area contributed by atoms with Crippen LogP contribution >= 0.6 is 0 Å². The number of sulfonamides is 1. The Bertz CT molecular complexity index is 595. The minimum atomic E-state index is -3.46. The Morgan fingerprint density at radius 1 is 1.37 bits per heavy atom. The third-order valence-corrected chi connectivity index (χ3v) is 4.46. The molecular weight excluding hydrogens is 262 g/mol. The molecule has 19 heavy (non-hydrogen) atoms. The van der Waals surface area contributed by atoms with E-state index in [2.05, 4.69) is 16.6 Å². The molecule has 102 valence electrons. The number of hydrogen-bond donors (Lipinski definition) is 2. The third kappa shape index (κ3) is 4.35. The maximum absolute atomic E-state index is 12.1. The smallest absolute Gasteiger partial charge is 0.240 e. The van der Waals surface area contributed by atoms with Gasteiger partial charge in [-0.25, -0.2) is 13.1 Å². The molecule has 0 atom stereocenters. The van der Waals surface area contributed by atoms with Gasteiger partial charge in [-0.05, 0) is 30.5 Å². The topological polar surface area (TPSA) is 66.4 Å². The van der Waals surface area contributed by atoms with E-state index in [4.69, 9.17) is 5.11 Å². The number of benzene rings is 1. The maximum Gasteiger partial charge on any atom is 0.240 e. The van der Waals surface area contributed by atoms with Crippen LogP contribution in [-0.2, 0) is 10.0 Å². The molecule has 1 aliphatic carbocycles. The Kier molecular flexibility index (Phi) is 4.59. The first-order valence-corrected chi connectivity index (χ1v) is 7.79. The number of rotatable bonds is 5. The van der Waals surface area contributed by atoms with Crippen molar-refractivity contribution in [1.29, 1.82) is 0 Å². The van der Waals surface area contributed by atoms with Crippen LogP contribution in [0.1, 0.15) is 24.8 Å². The summed E-state index contributed by atoms with van der Waals surface area (Å²) >= 11 is 0. The molecule has 1 aliphatic rings. The van der Waals surface area contributed by atoms with Crippen LogP contribution in [0, 0.1) is 17.8 Å². The van der Waals surface area contributed by atoms with Crippen molar-refractivity contribution in [3.63, 3.8) is 0 Å². The van der Waals surface area contributed by atoms with E-state index in [-0.39, 0.29) is 11.5 Å². The molecule has 1 saturated carbocycles. The highest BCUT2D eigenvalue weighted by Gasteiger charge is 2.22. The second kappa shape index (κ2) is 6.20. The summed E-state index contributed by atoms with van der Waals surface area (Å²) in [5.41, 5.74) is 0.583. The van der Waals surface area contributed by atoms with Crippen LogP contribution < -0.4 is 4.72 Å². The Morgan fingerprint density at radius 3 is 2.84 bits per heavy atom. The van der Waals surface area contributed by atoms with Gasteiger partial charge in [-0.2, -0.15) is 0 Å². The van der Waals surface area contributed by atoms with E-state index in [1.54, 1.807) is 18.2 Å². The van der Waals surface area contributed by atoms with Crippen LogP contribution in [0.5, 0.6) is 0 Å². The average Bonchev–Trinajstić information content (AvgIpc) is 3.21. The highest BCUT2D eigenvalue weighted by molar-refractivity contribution is 7.89. The Hall–Kier alpha value is -1.35. The van der Waals surface area contributed by atoms with Crippen LogP contribution in [0.4, 0.5) is 0 Å². The van der Waals surface area contributed by atoms with Crippen LogP contribution in [0.25, 0.3) is 0 Å². The molecule has 2 rings (SSSR count). The molecule has 0 radical (unpaired) electrons. The van der Waals surface area contributed by atoms with Crippen molar-refractivity contribution in [2.45, 2.75) is 24.2 Å². The van der Waals surface area contributed by atoms with Gasteiger partial charge in [0.15, 0.2) is 0 Å². The summed E-state index contributed by atoms with van der Waals surface area (Å²) < 4.78 is 26.7. The van der Waals surface area contributed by atoms with Crippen LogP contribution in [0.3, 0.4) is 0 Å². The fourth-order valence-electron chi connectivity index (χ4n) is 1.77. The van der Waals surface area contributed by atoms with E-state index in [9.17, 15) is 8.42 Å². The zero-order valence-corrected chi connectivity index (χ0v) is 11.4. The monoisotopic (exact) mass is 279 g/mol. The predicted molar refractivity (Wildman–Crippen MR) is 72.9 cm³/mol. The zero-order chi connectivity index (χ0) is 13.7. The molecule has 2 N–H and O–H groups in total. The van der Waals surface area contributed by atoms with Crippen molar-refractivity contribution < 1.29 is 13.5 Å². The molecule has 1 aromatic carbocycles. The van der Waals surface area contributed by atoms with Crippen molar-refractivity contribution in [2.24, 2.45) is 5.92 Å². The third-order valence-electron chi connectivity index (χ3n) is 3.00. The van der Waals surface area contributed by atoms with Gasteiger partial charge in [0, 0.05) is 12.1 Å². The largest absolute Gasteiger partial charge is 0.384 e. The minimum Gasteiger partial charge on any atom is -0.384 e. The lowest BCUT2D eigenvalue weighted by atomic mass is 10.2. The van der Waals surface area contributed by atoms with E-state index >= 15 is 0 Å². The maximum atomic E-state index is 12.1. The molecule has 1 aromatic rings. The number of aliphatic hydroxyl groups is 1. The molecular formula is C14H17NO3S. The summed E-state index contributed by atoms with van der Waals surface area (Å²) in [6.45, 7) is 0.246. The lowest BCUT2D eigenvalue weighted by molar-refractivity contribution is 0.350. The molecule has 4 nitrogen and oxygen atoms in total. The fraction of sp³-hybridized carbons (Fsp3) is 0.429. The first-order chi connectivity index (χ1) is 9.12. The second-order valence-corrected chi connectivity index (χ2v) is 6.38. The molecule has 0 aromatic heterocycles. The normalized spacial score (nSPS) is 14.8. The highest BCUT2D eigenvalue weighted by atomic mass is 32.2. The van der Waals surface area contributed by atoms with E-state index in [1.165, 1.54) is 18.9 Å². The minimum absolute atomic E-state index is 0.216.